The Kier molecular flexibility index (Phi) is 7.77. The molecule has 0 saturated carbocycles. The van der Waals surface area contributed by atoms with Crippen molar-refractivity contribution in [2.24, 2.45) is 7.05 Å². The zero-order valence-corrected chi connectivity index (χ0v) is 20.3. The summed E-state index contributed by atoms with van der Waals surface area (Å²) in [5, 5.41) is 11.9. The summed E-state index contributed by atoms with van der Waals surface area (Å²) in [7, 11) is -1.65. The molecule has 1 amide bonds. The molecule has 1 aromatic carbocycles. The van der Waals surface area contributed by atoms with Gasteiger partial charge in [0, 0.05) is 25.4 Å². The Balaban J connectivity index is 1.90. The molecule has 10 nitrogen and oxygen atoms in total. The number of ether oxygens (including phenoxy) is 1. The number of carboxylic acids is 1. The average Bonchev–Trinajstić information content (AvgIpc) is 3.24. The highest BCUT2D eigenvalue weighted by molar-refractivity contribution is 7.89. The lowest BCUT2D eigenvalue weighted by Gasteiger charge is -2.18. The van der Waals surface area contributed by atoms with Gasteiger partial charge in [-0.3, -0.25) is 14.4 Å². The maximum atomic E-state index is 13.1. The van der Waals surface area contributed by atoms with Crippen molar-refractivity contribution in [1.82, 2.24) is 14.6 Å². The van der Waals surface area contributed by atoms with Crippen LogP contribution in [0.2, 0.25) is 4.34 Å². The second kappa shape index (κ2) is 10.4. The number of amides is 1. The third-order valence-electron chi connectivity index (χ3n) is 4.75. The number of thiophene rings is 1. The van der Waals surface area contributed by atoms with Gasteiger partial charge in [-0.2, -0.15) is 4.72 Å². The number of sulfonamides is 1. The lowest BCUT2D eigenvalue weighted by Crippen LogP contribution is -2.48. The van der Waals surface area contributed by atoms with Crippen molar-refractivity contribution in [2.75, 3.05) is 13.7 Å². The maximum Gasteiger partial charge on any atom is 0.323 e. The minimum absolute atomic E-state index is 0.125. The number of halogens is 1. The first-order valence-electron chi connectivity index (χ1n) is 9.67. The van der Waals surface area contributed by atoms with Crippen molar-refractivity contribution in [3.63, 3.8) is 0 Å². The number of hydrogen-bond donors (Lipinski definition) is 3. The highest BCUT2D eigenvalue weighted by atomic mass is 35.5. The molecule has 0 spiro atoms. The highest BCUT2D eigenvalue weighted by Gasteiger charge is 2.30. The molecule has 0 aliphatic heterocycles. The van der Waals surface area contributed by atoms with Gasteiger partial charge in [-0.25, -0.2) is 8.42 Å². The fraction of sp³-hybridized carbons (Fsp3) is 0.190. The first-order valence-corrected chi connectivity index (χ1v) is 12.3. The number of hydrogen-bond acceptors (Lipinski definition) is 7. The first-order chi connectivity index (χ1) is 16.0. The molecule has 0 bridgehead atoms. The predicted molar refractivity (Wildman–Crippen MR) is 127 cm³/mol. The van der Waals surface area contributed by atoms with Crippen LogP contribution in [0.3, 0.4) is 0 Å². The van der Waals surface area contributed by atoms with E-state index in [9.17, 15) is 27.9 Å². The van der Waals surface area contributed by atoms with Crippen LogP contribution in [0, 0.1) is 0 Å². The van der Waals surface area contributed by atoms with Gasteiger partial charge >= 0.3 is 5.97 Å². The molecule has 34 heavy (non-hydrogen) atoms. The highest BCUT2D eigenvalue weighted by Crippen LogP contribution is 2.34. The number of nitrogens with zero attached hydrogens (tertiary/aromatic N) is 1. The van der Waals surface area contributed by atoms with Gasteiger partial charge in [0.1, 0.15) is 16.7 Å². The number of aryl methyl sites for hydroxylation is 1. The zero-order valence-electron chi connectivity index (χ0n) is 17.9. The van der Waals surface area contributed by atoms with Crippen LogP contribution in [0.15, 0.2) is 58.4 Å². The van der Waals surface area contributed by atoms with Crippen LogP contribution < -0.4 is 20.3 Å². The van der Waals surface area contributed by atoms with Gasteiger partial charge in [0.2, 0.25) is 10.0 Å². The summed E-state index contributed by atoms with van der Waals surface area (Å²) in [5.41, 5.74) is 0.0556. The summed E-state index contributed by atoms with van der Waals surface area (Å²) >= 11 is 6.79. The summed E-state index contributed by atoms with van der Waals surface area (Å²) in [4.78, 5) is 36.4. The molecule has 3 N–H and O–H groups in total. The molecule has 2 heterocycles. The Morgan fingerprint density at radius 1 is 1.18 bits per heavy atom. The van der Waals surface area contributed by atoms with E-state index in [1.54, 1.807) is 19.3 Å². The fourth-order valence-corrected chi connectivity index (χ4v) is 5.44. The number of benzene rings is 1. The number of nitrogens with one attached hydrogen (secondary N) is 2. The number of carboxylic acid groups (broad SMARTS) is 1. The van der Waals surface area contributed by atoms with Crippen LogP contribution in [0.25, 0.3) is 11.1 Å². The van der Waals surface area contributed by atoms with Gasteiger partial charge in [0.15, 0.2) is 0 Å². The minimum Gasteiger partial charge on any atom is -0.495 e. The van der Waals surface area contributed by atoms with Gasteiger partial charge in [-0.15, -0.1) is 11.3 Å². The molecule has 1 unspecified atom stereocenters. The van der Waals surface area contributed by atoms with E-state index in [2.05, 4.69) is 10.0 Å². The Labute approximate surface area is 203 Å². The van der Waals surface area contributed by atoms with Crippen molar-refractivity contribution < 1.29 is 27.9 Å². The van der Waals surface area contributed by atoms with Gasteiger partial charge in [0.05, 0.1) is 21.9 Å². The smallest absolute Gasteiger partial charge is 0.323 e. The molecule has 0 radical (unpaired) electrons. The summed E-state index contributed by atoms with van der Waals surface area (Å²) in [5.74, 6) is -2.22. The Morgan fingerprint density at radius 2 is 1.88 bits per heavy atom. The fourth-order valence-electron chi connectivity index (χ4n) is 3.10. The van der Waals surface area contributed by atoms with Crippen LogP contribution >= 0.6 is 22.9 Å². The van der Waals surface area contributed by atoms with E-state index in [-0.39, 0.29) is 32.2 Å². The summed E-state index contributed by atoms with van der Waals surface area (Å²) in [6, 6.07) is 8.61. The van der Waals surface area contributed by atoms with Crippen LogP contribution in [-0.4, -0.2) is 49.7 Å². The molecule has 13 heteroatoms. The summed E-state index contributed by atoms with van der Waals surface area (Å²) < 4.78 is 35.3. The van der Waals surface area contributed by atoms with E-state index in [0.29, 0.717) is 4.34 Å². The van der Waals surface area contributed by atoms with Crippen LogP contribution in [0.5, 0.6) is 5.75 Å². The standard InChI is InChI=1S/C21H20ClN3O7S2/c1-25-10-4-6-13(20(25)27)12-5-3-7-16(18(12)32-2)34(30,31)24-14(21(28)29)11-23-19(26)15-8-9-17(22)33-15/h3-10,14,24H,11H2,1-2H3,(H,23,26)(H,28,29). The molecule has 2 aromatic heterocycles. The van der Waals surface area contributed by atoms with Crippen molar-refractivity contribution in [3.05, 3.63) is 68.2 Å². The molecular weight excluding hydrogens is 506 g/mol. The lowest BCUT2D eigenvalue weighted by molar-refractivity contribution is -0.138. The predicted octanol–water partition coefficient (Wildman–Crippen LogP) is 1.94. The Hall–Kier alpha value is -3.19. The number of carbonyl (C=O) groups is 2. The van der Waals surface area contributed by atoms with Crippen molar-refractivity contribution in [2.45, 2.75) is 10.9 Å². The molecule has 0 fully saturated rings. The number of carbonyl (C=O) groups excluding carboxylic acids is 1. The number of aromatic nitrogens is 1. The van der Waals surface area contributed by atoms with Crippen molar-refractivity contribution in [3.8, 4) is 16.9 Å². The second-order valence-corrected chi connectivity index (χ2v) is 10.4. The minimum atomic E-state index is -4.44. The van der Waals surface area contributed by atoms with Gasteiger partial charge in [0.25, 0.3) is 11.5 Å². The lowest BCUT2D eigenvalue weighted by atomic mass is 10.1. The van der Waals surface area contributed by atoms with Crippen molar-refractivity contribution >= 4 is 44.8 Å². The third-order valence-corrected chi connectivity index (χ3v) is 7.47. The van der Waals surface area contributed by atoms with Gasteiger partial charge in [-0.05, 0) is 30.3 Å². The molecule has 0 saturated heterocycles. The van der Waals surface area contributed by atoms with Crippen molar-refractivity contribution in [1.29, 1.82) is 0 Å². The number of para-hydroxylation sites is 1. The van der Waals surface area contributed by atoms with E-state index in [1.807, 2.05) is 0 Å². The van der Waals surface area contributed by atoms with E-state index in [4.69, 9.17) is 16.3 Å². The summed E-state index contributed by atoms with van der Waals surface area (Å²) in [6.07, 6.45) is 1.55. The van der Waals surface area contributed by atoms with E-state index in [1.165, 1.54) is 48.1 Å². The maximum absolute atomic E-state index is 13.1. The molecule has 0 aliphatic rings. The SMILES string of the molecule is COc1c(-c2cccn(C)c2=O)cccc1S(=O)(=O)NC(CNC(=O)c1ccc(Cl)s1)C(=O)O. The molecule has 3 aromatic rings. The molecule has 1 atom stereocenters. The van der Waals surface area contributed by atoms with Crippen LogP contribution in [-0.2, 0) is 21.9 Å². The third kappa shape index (κ3) is 5.47. The Bertz CT molecular complexity index is 1400. The van der Waals surface area contributed by atoms with Gasteiger partial charge in [-0.1, -0.05) is 23.7 Å². The normalized spacial score (nSPS) is 12.2. The number of rotatable bonds is 9. The van der Waals surface area contributed by atoms with E-state index in [0.717, 1.165) is 11.3 Å². The van der Waals surface area contributed by atoms with Gasteiger partial charge < -0.3 is 19.7 Å². The quantitative estimate of drug-likeness (QED) is 0.387. The second-order valence-electron chi connectivity index (χ2n) is 7.00. The van der Waals surface area contributed by atoms with Crippen LogP contribution in [0.1, 0.15) is 9.67 Å². The number of methoxy groups -OCH3 is 1. The van der Waals surface area contributed by atoms with E-state index < -0.39 is 34.5 Å². The van der Waals surface area contributed by atoms with Crippen LogP contribution in [0.4, 0.5) is 0 Å². The largest absolute Gasteiger partial charge is 0.495 e. The Morgan fingerprint density at radius 3 is 2.50 bits per heavy atom. The number of pyridine rings is 1. The number of aliphatic carboxylic acids is 1. The summed E-state index contributed by atoms with van der Waals surface area (Å²) in [6.45, 7) is -0.524. The molecule has 0 aliphatic carbocycles. The average molecular weight is 526 g/mol. The molecule has 3 rings (SSSR count). The topological polar surface area (TPSA) is 144 Å². The first kappa shape index (κ1) is 25.4. The molecule has 180 valence electrons. The van der Waals surface area contributed by atoms with E-state index >= 15 is 0 Å². The zero-order chi connectivity index (χ0) is 25.0. The monoisotopic (exact) mass is 525 g/mol. The molecular formula is C21H20ClN3O7S2.